The summed E-state index contributed by atoms with van der Waals surface area (Å²) in [6.07, 6.45) is 0. The molecule has 128 valence electrons. The van der Waals surface area contributed by atoms with Gasteiger partial charge in [-0.05, 0) is 25.1 Å². The largest absolute Gasteiger partial charge is 0.496 e. The first-order valence-corrected chi connectivity index (χ1v) is 7.61. The summed E-state index contributed by atoms with van der Waals surface area (Å²) in [5.41, 5.74) is 1.84. The van der Waals surface area contributed by atoms with Gasteiger partial charge in [0.15, 0.2) is 0 Å². The number of aromatic nitrogens is 1. The fourth-order valence-corrected chi connectivity index (χ4v) is 2.48. The first kappa shape index (κ1) is 16.7. The highest BCUT2D eigenvalue weighted by molar-refractivity contribution is 5.97. The van der Waals surface area contributed by atoms with Gasteiger partial charge >= 0.3 is 5.97 Å². The molecule has 2 aromatic carbocycles. The summed E-state index contributed by atoms with van der Waals surface area (Å²) in [5, 5.41) is 3.95. The van der Waals surface area contributed by atoms with E-state index in [0.717, 1.165) is 5.56 Å². The summed E-state index contributed by atoms with van der Waals surface area (Å²) in [6.45, 7) is 1.51. The molecule has 3 aromatic rings. The van der Waals surface area contributed by atoms with Crippen LogP contribution >= 0.6 is 0 Å². The molecule has 3 rings (SSSR count). The molecule has 0 amide bonds. The van der Waals surface area contributed by atoms with Gasteiger partial charge in [0.1, 0.15) is 35.2 Å². The number of benzene rings is 2. The number of ether oxygens (including phenoxy) is 2. The lowest BCUT2D eigenvalue weighted by Gasteiger charge is -2.09. The second-order valence-electron chi connectivity index (χ2n) is 5.36. The Bertz CT molecular complexity index is 890. The van der Waals surface area contributed by atoms with Gasteiger partial charge in [-0.3, -0.25) is 0 Å². The molecule has 0 bridgehead atoms. The van der Waals surface area contributed by atoms with Crippen molar-refractivity contribution in [2.24, 2.45) is 0 Å². The summed E-state index contributed by atoms with van der Waals surface area (Å²) in [5.74, 6) is -0.225. The van der Waals surface area contributed by atoms with Gasteiger partial charge in [0.2, 0.25) is 0 Å². The standard InChI is InChI=1S/C19H16FNO4/c1-12-17(18(21-25-12)13-6-4-3-5-7-13)19(22)24-11-14-10-15(20)8-9-16(14)23-2/h3-10H,11H2,1-2H3. The van der Waals surface area contributed by atoms with E-state index in [1.54, 1.807) is 6.92 Å². The molecule has 1 aromatic heterocycles. The summed E-state index contributed by atoms with van der Waals surface area (Å²) in [4.78, 5) is 12.5. The van der Waals surface area contributed by atoms with Gasteiger partial charge in [-0.1, -0.05) is 35.5 Å². The number of esters is 1. The summed E-state index contributed by atoms with van der Waals surface area (Å²) < 4.78 is 29.0. The Morgan fingerprint density at radius 3 is 2.68 bits per heavy atom. The Balaban J connectivity index is 1.83. The molecule has 6 heteroatoms. The molecule has 0 N–H and O–H groups in total. The van der Waals surface area contributed by atoms with Crippen LogP contribution in [-0.2, 0) is 11.3 Å². The number of rotatable bonds is 5. The average Bonchev–Trinajstić information content (AvgIpc) is 3.02. The van der Waals surface area contributed by atoms with Gasteiger partial charge < -0.3 is 14.0 Å². The lowest BCUT2D eigenvalue weighted by Crippen LogP contribution is -2.08. The molecule has 0 aliphatic rings. The smallest absolute Gasteiger partial charge is 0.344 e. The summed E-state index contributed by atoms with van der Waals surface area (Å²) in [6, 6.07) is 13.2. The third-order valence-corrected chi connectivity index (χ3v) is 3.72. The third kappa shape index (κ3) is 3.52. The lowest BCUT2D eigenvalue weighted by atomic mass is 10.1. The highest BCUT2D eigenvalue weighted by Gasteiger charge is 2.23. The molecule has 25 heavy (non-hydrogen) atoms. The van der Waals surface area contributed by atoms with Crippen molar-refractivity contribution < 1.29 is 23.2 Å². The summed E-state index contributed by atoms with van der Waals surface area (Å²) >= 11 is 0. The molecule has 0 unspecified atom stereocenters. The molecule has 0 fully saturated rings. The molecule has 0 aliphatic heterocycles. The molecule has 0 saturated carbocycles. The van der Waals surface area contributed by atoms with Gasteiger partial charge in [-0.25, -0.2) is 9.18 Å². The van der Waals surface area contributed by atoms with Crippen molar-refractivity contribution in [1.29, 1.82) is 0 Å². The van der Waals surface area contributed by atoms with Crippen LogP contribution in [0.15, 0.2) is 53.1 Å². The predicted molar refractivity (Wildman–Crippen MR) is 88.7 cm³/mol. The molecule has 0 saturated heterocycles. The summed E-state index contributed by atoms with van der Waals surface area (Å²) in [7, 11) is 1.47. The fourth-order valence-electron chi connectivity index (χ4n) is 2.48. The molecule has 0 aliphatic carbocycles. The Kier molecular flexibility index (Phi) is 4.79. The van der Waals surface area contributed by atoms with Gasteiger partial charge in [-0.15, -0.1) is 0 Å². The highest BCUT2D eigenvalue weighted by atomic mass is 19.1. The van der Waals surface area contributed by atoms with Crippen molar-refractivity contribution in [2.45, 2.75) is 13.5 Å². The maximum absolute atomic E-state index is 13.4. The van der Waals surface area contributed by atoms with Crippen LogP contribution in [-0.4, -0.2) is 18.2 Å². The first-order valence-electron chi connectivity index (χ1n) is 7.61. The van der Waals surface area contributed by atoms with Crippen LogP contribution in [0.5, 0.6) is 5.75 Å². The van der Waals surface area contributed by atoms with Gasteiger partial charge in [0, 0.05) is 11.1 Å². The number of carbonyl (C=O) groups excluding carboxylic acids is 1. The number of carbonyl (C=O) groups is 1. The van der Waals surface area contributed by atoms with Crippen LogP contribution in [0.1, 0.15) is 21.7 Å². The zero-order valence-electron chi connectivity index (χ0n) is 13.8. The molecule has 5 nitrogen and oxygen atoms in total. The fraction of sp³-hybridized carbons (Fsp3) is 0.158. The third-order valence-electron chi connectivity index (χ3n) is 3.72. The molecule has 0 spiro atoms. The van der Waals surface area contributed by atoms with E-state index in [9.17, 15) is 9.18 Å². The Morgan fingerprint density at radius 2 is 1.96 bits per heavy atom. The van der Waals surface area contributed by atoms with Crippen LogP contribution in [0.4, 0.5) is 4.39 Å². The number of aryl methyl sites for hydroxylation is 1. The van der Waals surface area contributed by atoms with Crippen molar-refractivity contribution in [2.75, 3.05) is 7.11 Å². The lowest BCUT2D eigenvalue weighted by molar-refractivity contribution is 0.0468. The molecular weight excluding hydrogens is 325 g/mol. The number of hydrogen-bond acceptors (Lipinski definition) is 5. The van der Waals surface area contributed by atoms with E-state index in [1.807, 2.05) is 30.3 Å². The van der Waals surface area contributed by atoms with E-state index in [1.165, 1.54) is 25.3 Å². The molecular formula is C19H16FNO4. The van der Waals surface area contributed by atoms with E-state index in [0.29, 0.717) is 22.8 Å². The van der Waals surface area contributed by atoms with Crippen LogP contribution in [0.2, 0.25) is 0 Å². The zero-order valence-corrected chi connectivity index (χ0v) is 13.8. The minimum absolute atomic E-state index is 0.126. The van der Waals surface area contributed by atoms with E-state index in [-0.39, 0.29) is 12.2 Å². The van der Waals surface area contributed by atoms with Crippen LogP contribution in [0.25, 0.3) is 11.3 Å². The average molecular weight is 341 g/mol. The second kappa shape index (κ2) is 7.17. The van der Waals surface area contributed by atoms with E-state index in [2.05, 4.69) is 5.16 Å². The zero-order chi connectivity index (χ0) is 17.8. The van der Waals surface area contributed by atoms with Crippen molar-refractivity contribution >= 4 is 5.97 Å². The van der Waals surface area contributed by atoms with E-state index < -0.39 is 11.8 Å². The molecule has 0 radical (unpaired) electrons. The molecule has 0 atom stereocenters. The number of nitrogens with zero attached hydrogens (tertiary/aromatic N) is 1. The maximum atomic E-state index is 13.4. The Hall–Kier alpha value is -3.15. The van der Waals surface area contributed by atoms with Gasteiger partial charge in [0.05, 0.1) is 7.11 Å². The van der Waals surface area contributed by atoms with Crippen LogP contribution in [0.3, 0.4) is 0 Å². The monoisotopic (exact) mass is 341 g/mol. The van der Waals surface area contributed by atoms with Crippen molar-refractivity contribution in [3.63, 3.8) is 0 Å². The topological polar surface area (TPSA) is 61.6 Å². The number of methoxy groups -OCH3 is 1. The predicted octanol–water partition coefficient (Wildman–Crippen LogP) is 4.15. The van der Waals surface area contributed by atoms with Crippen LogP contribution in [0, 0.1) is 12.7 Å². The van der Waals surface area contributed by atoms with E-state index >= 15 is 0 Å². The highest BCUT2D eigenvalue weighted by Crippen LogP contribution is 2.27. The van der Waals surface area contributed by atoms with Crippen molar-refractivity contribution in [3.8, 4) is 17.0 Å². The minimum Gasteiger partial charge on any atom is -0.496 e. The van der Waals surface area contributed by atoms with E-state index in [4.69, 9.17) is 14.0 Å². The first-order chi connectivity index (χ1) is 12.1. The Morgan fingerprint density at radius 1 is 1.20 bits per heavy atom. The normalized spacial score (nSPS) is 10.5. The minimum atomic E-state index is -0.594. The SMILES string of the molecule is COc1ccc(F)cc1COC(=O)c1c(-c2ccccc2)noc1C. The molecule has 1 heterocycles. The van der Waals surface area contributed by atoms with Crippen LogP contribution < -0.4 is 4.74 Å². The number of hydrogen-bond donors (Lipinski definition) is 0. The Labute approximate surface area is 144 Å². The van der Waals surface area contributed by atoms with Gasteiger partial charge in [0.25, 0.3) is 0 Å². The number of halogens is 1. The second-order valence-corrected chi connectivity index (χ2v) is 5.36. The van der Waals surface area contributed by atoms with Crippen molar-refractivity contribution in [1.82, 2.24) is 5.16 Å². The maximum Gasteiger partial charge on any atom is 0.344 e. The van der Waals surface area contributed by atoms with Crippen molar-refractivity contribution in [3.05, 3.63) is 71.2 Å². The quantitative estimate of drug-likeness (QED) is 0.652. The van der Waals surface area contributed by atoms with Gasteiger partial charge in [-0.2, -0.15) is 0 Å².